The number of fused-ring (bicyclic) bond motifs is 1. The van der Waals surface area contributed by atoms with E-state index in [-0.39, 0.29) is 23.3 Å². The molecule has 6 nitrogen and oxygen atoms in total. The van der Waals surface area contributed by atoms with Crippen molar-refractivity contribution < 1.29 is 13.9 Å². The Morgan fingerprint density at radius 3 is 2.59 bits per heavy atom. The van der Waals surface area contributed by atoms with Crippen molar-refractivity contribution in [3.63, 3.8) is 0 Å². The van der Waals surface area contributed by atoms with E-state index < -0.39 is 11.7 Å². The van der Waals surface area contributed by atoms with E-state index in [4.69, 9.17) is 4.74 Å². The van der Waals surface area contributed by atoms with Crippen LogP contribution in [0.3, 0.4) is 0 Å². The summed E-state index contributed by atoms with van der Waals surface area (Å²) < 4.78 is 19.3. The first-order valence-corrected chi connectivity index (χ1v) is 8.72. The molecule has 7 heteroatoms. The Kier molecular flexibility index (Phi) is 4.35. The van der Waals surface area contributed by atoms with E-state index in [0.29, 0.717) is 29.6 Å². The van der Waals surface area contributed by atoms with Crippen molar-refractivity contribution in [2.75, 3.05) is 13.1 Å². The maximum absolute atomic E-state index is 13.7. The lowest BCUT2D eigenvalue weighted by Gasteiger charge is -2.40. The molecule has 1 fully saturated rings. The number of aromatic nitrogens is 2. The number of carbonyl (C=O) groups is 1. The van der Waals surface area contributed by atoms with E-state index in [9.17, 15) is 14.0 Å². The summed E-state index contributed by atoms with van der Waals surface area (Å²) >= 11 is 0. The fourth-order valence-corrected chi connectivity index (χ4v) is 3.27. The monoisotopic (exact) mass is 367 g/mol. The van der Waals surface area contributed by atoms with Gasteiger partial charge in [-0.2, -0.15) is 5.10 Å². The Balaban J connectivity index is 1.46. The number of ether oxygens (including phenoxy) is 1. The first-order chi connectivity index (χ1) is 13.0. The van der Waals surface area contributed by atoms with Crippen molar-refractivity contribution in [3.05, 3.63) is 70.4 Å². The van der Waals surface area contributed by atoms with Crippen LogP contribution in [0.25, 0.3) is 10.8 Å². The largest absolute Gasteiger partial charge is 0.484 e. The Morgan fingerprint density at radius 1 is 1.19 bits per heavy atom. The van der Waals surface area contributed by atoms with E-state index >= 15 is 0 Å². The Labute approximate surface area is 154 Å². The van der Waals surface area contributed by atoms with Crippen molar-refractivity contribution in [2.24, 2.45) is 0 Å². The number of amides is 1. The number of nitrogens with one attached hydrogen (secondary N) is 1. The predicted molar refractivity (Wildman–Crippen MR) is 98.2 cm³/mol. The lowest BCUT2D eigenvalue weighted by Crippen LogP contribution is -2.57. The fourth-order valence-electron chi connectivity index (χ4n) is 3.27. The van der Waals surface area contributed by atoms with Crippen molar-refractivity contribution in [1.82, 2.24) is 15.1 Å². The number of likely N-dealkylation sites (tertiary alicyclic amines) is 1. The number of H-pyrrole nitrogens is 1. The van der Waals surface area contributed by atoms with Crippen molar-refractivity contribution >= 4 is 16.7 Å². The van der Waals surface area contributed by atoms with Crippen LogP contribution in [0.1, 0.15) is 18.5 Å². The highest BCUT2D eigenvalue weighted by Gasteiger charge is 2.36. The molecular weight excluding hydrogens is 349 g/mol. The molecule has 0 radical (unpaired) electrons. The first-order valence-electron chi connectivity index (χ1n) is 8.72. The molecular formula is C20H18FN3O3. The molecule has 0 bridgehead atoms. The Morgan fingerprint density at radius 2 is 1.85 bits per heavy atom. The molecule has 2 aromatic carbocycles. The lowest BCUT2D eigenvalue weighted by atomic mass is 9.98. The van der Waals surface area contributed by atoms with Crippen LogP contribution in [0, 0.1) is 5.82 Å². The van der Waals surface area contributed by atoms with Gasteiger partial charge in [0.1, 0.15) is 6.10 Å². The summed E-state index contributed by atoms with van der Waals surface area (Å²) in [5.41, 5.74) is 0.255. The second kappa shape index (κ2) is 6.83. The highest BCUT2D eigenvalue weighted by Crippen LogP contribution is 2.26. The fraction of sp³-hybridized carbons (Fsp3) is 0.250. The van der Waals surface area contributed by atoms with Crippen LogP contribution in [-0.4, -0.2) is 40.2 Å². The van der Waals surface area contributed by atoms with Gasteiger partial charge in [0.2, 0.25) is 5.91 Å². The van der Waals surface area contributed by atoms with E-state index in [1.807, 2.05) is 6.07 Å². The van der Waals surface area contributed by atoms with Crippen LogP contribution < -0.4 is 10.3 Å². The normalized spacial score (nSPS) is 15.4. The van der Waals surface area contributed by atoms with Gasteiger partial charge in [0, 0.05) is 5.39 Å². The SMILES string of the molecule is C[C@H](C(=O)N1CC(Oc2ccccc2F)C1)c1n[nH]c(=O)c2ccccc12. The van der Waals surface area contributed by atoms with Gasteiger partial charge in [0.15, 0.2) is 11.6 Å². The molecule has 0 unspecified atom stereocenters. The predicted octanol–water partition coefficient (Wildman–Crippen LogP) is 2.46. The Hall–Kier alpha value is -3.22. The van der Waals surface area contributed by atoms with Crippen LogP contribution >= 0.6 is 0 Å². The van der Waals surface area contributed by atoms with Gasteiger partial charge in [-0.3, -0.25) is 9.59 Å². The number of hydrogen-bond acceptors (Lipinski definition) is 4. The van der Waals surface area contributed by atoms with E-state index in [2.05, 4.69) is 10.2 Å². The third kappa shape index (κ3) is 3.16. The molecule has 0 spiro atoms. The number of rotatable bonds is 4. The smallest absolute Gasteiger partial charge is 0.272 e. The molecule has 2 heterocycles. The molecule has 1 amide bonds. The molecule has 3 aromatic rings. The van der Waals surface area contributed by atoms with Gasteiger partial charge in [0.05, 0.1) is 30.1 Å². The van der Waals surface area contributed by atoms with E-state index in [1.54, 1.807) is 48.2 Å². The molecule has 1 aliphatic rings. The van der Waals surface area contributed by atoms with Crippen LogP contribution in [0.15, 0.2) is 53.3 Å². The average Bonchev–Trinajstić information content (AvgIpc) is 2.65. The zero-order valence-corrected chi connectivity index (χ0v) is 14.7. The molecule has 0 aliphatic carbocycles. The van der Waals surface area contributed by atoms with E-state index in [0.717, 1.165) is 0 Å². The highest BCUT2D eigenvalue weighted by atomic mass is 19.1. The highest BCUT2D eigenvalue weighted by molar-refractivity contribution is 5.91. The standard InChI is InChI=1S/C20H18FN3O3/c1-12(18-14-6-2-3-7-15(14)19(25)23-22-18)20(26)24-10-13(11-24)27-17-9-5-4-8-16(17)21/h2-9,12-13H,10-11H2,1H3,(H,23,25)/t12-/m0/s1. The minimum absolute atomic E-state index is 0.104. The van der Waals surface area contributed by atoms with Gasteiger partial charge in [-0.1, -0.05) is 30.3 Å². The summed E-state index contributed by atoms with van der Waals surface area (Å²) in [5, 5.41) is 7.73. The number of benzene rings is 2. The molecule has 1 aromatic heterocycles. The zero-order chi connectivity index (χ0) is 19.0. The maximum atomic E-state index is 13.7. The van der Waals surface area contributed by atoms with Crippen molar-refractivity contribution in [3.8, 4) is 5.75 Å². The molecule has 1 N–H and O–H groups in total. The second-order valence-electron chi connectivity index (χ2n) is 6.62. The number of hydrogen-bond donors (Lipinski definition) is 1. The molecule has 0 saturated carbocycles. The average molecular weight is 367 g/mol. The van der Waals surface area contributed by atoms with Crippen LogP contribution in [-0.2, 0) is 4.79 Å². The third-order valence-electron chi connectivity index (χ3n) is 4.80. The Bertz CT molecular complexity index is 1060. The first kappa shape index (κ1) is 17.2. The van der Waals surface area contributed by atoms with Gasteiger partial charge in [-0.05, 0) is 25.1 Å². The minimum Gasteiger partial charge on any atom is -0.484 e. The van der Waals surface area contributed by atoms with Crippen LogP contribution in [0.2, 0.25) is 0 Å². The zero-order valence-electron chi connectivity index (χ0n) is 14.7. The summed E-state index contributed by atoms with van der Waals surface area (Å²) in [6.45, 7) is 2.54. The van der Waals surface area contributed by atoms with Gasteiger partial charge in [-0.15, -0.1) is 0 Å². The van der Waals surface area contributed by atoms with E-state index in [1.165, 1.54) is 6.07 Å². The number of aromatic amines is 1. The quantitative estimate of drug-likeness (QED) is 0.769. The maximum Gasteiger partial charge on any atom is 0.272 e. The second-order valence-corrected chi connectivity index (χ2v) is 6.62. The number of nitrogens with zero attached hydrogens (tertiary/aromatic N) is 2. The van der Waals surface area contributed by atoms with Crippen molar-refractivity contribution in [1.29, 1.82) is 0 Å². The van der Waals surface area contributed by atoms with Crippen LogP contribution in [0.4, 0.5) is 4.39 Å². The van der Waals surface area contributed by atoms with Gasteiger partial charge in [0.25, 0.3) is 5.56 Å². The molecule has 1 saturated heterocycles. The van der Waals surface area contributed by atoms with Gasteiger partial charge < -0.3 is 9.64 Å². The molecule has 1 atom stereocenters. The topological polar surface area (TPSA) is 75.3 Å². The summed E-state index contributed by atoms with van der Waals surface area (Å²) in [6.07, 6.45) is -0.238. The number of halogens is 1. The number of para-hydroxylation sites is 1. The lowest BCUT2D eigenvalue weighted by molar-refractivity contribution is -0.141. The molecule has 27 heavy (non-hydrogen) atoms. The van der Waals surface area contributed by atoms with Gasteiger partial charge in [-0.25, -0.2) is 9.49 Å². The summed E-state index contributed by atoms with van der Waals surface area (Å²) in [6, 6.07) is 13.3. The molecule has 138 valence electrons. The van der Waals surface area contributed by atoms with Crippen LogP contribution in [0.5, 0.6) is 5.75 Å². The summed E-state index contributed by atoms with van der Waals surface area (Å²) in [7, 11) is 0. The third-order valence-corrected chi connectivity index (χ3v) is 4.80. The minimum atomic E-state index is -0.513. The summed E-state index contributed by atoms with van der Waals surface area (Å²) in [4.78, 5) is 26.3. The molecule has 1 aliphatic heterocycles. The molecule has 4 rings (SSSR count). The van der Waals surface area contributed by atoms with Crippen molar-refractivity contribution in [2.45, 2.75) is 18.9 Å². The number of carbonyl (C=O) groups excluding carboxylic acids is 1. The van der Waals surface area contributed by atoms with Gasteiger partial charge >= 0.3 is 0 Å². The summed E-state index contributed by atoms with van der Waals surface area (Å²) in [5.74, 6) is -0.843.